The predicted octanol–water partition coefficient (Wildman–Crippen LogP) is 3.31. The summed E-state index contributed by atoms with van der Waals surface area (Å²) >= 11 is 0. The summed E-state index contributed by atoms with van der Waals surface area (Å²) in [6.45, 7) is 0.590. The molecular formula is C19H25N3O3S. The van der Waals surface area contributed by atoms with Crippen LogP contribution in [0.2, 0.25) is 0 Å². The van der Waals surface area contributed by atoms with Crippen LogP contribution in [0, 0.1) is 0 Å². The molecule has 0 radical (unpaired) electrons. The van der Waals surface area contributed by atoms with E-state index in [4.69, 9.17) is 4.74 Å². The molecule has 0 amide bonds. The van der Waals surface area contributed by atoms with Gasteiger partial charge in [0.15, 0.2) is 0 Å². The topological polar surface area (TPSA) is 80.3 Å². The van der Waals surface area contributed by atoms with Crippen molar-refractivity contribution < 1.29 is 13.2 Å². The molecule has 0 unspecified atom stereocenters. The van der Waals surface area contributed by atoms with Gasteiger partial charge in [-0.1, -0.05) is 18.6 Å². The zero-order valence-corrected chi connectivity index (χ0v) is 15.8. The number of nitrogens with one attached hydrogen (secondary N) is 2. The maximum Gasteiger partial charge on any atom is 0.241 e. The predicted molar refractivity (Wildman–Crippen MR) is 102 cm³/mol. The molecule has 0 bridgehead atoms. The minimum Gasteiger partial charge on any atom is -0.490 e. The number of hydrogen-bond acceptors (Lipinski definition) is 5. The van der Waals surface area contributed by atoms with Crippen molar-refractivity contribution >= 4 is 15.8 Å². The van der Waals surface area contributed by atoms with Crippen LogP contribution in [0.4, 0.5) is 5.82 Å². The molecule has 0 aliphatic heterocycles. The van der Waals surface area contributed by atoms with Crippen molar-refractivity contribution in [3.05, 3.63) is 48.2 Å². The summed E-state index contributed by atoms with van der Waals surface area (Å²) in [6.07, 6.45) is 7.74. The van der Waals surface area contributed by atoms with Crippen molar-refractivity contribution in [2.45, 2.75) is 49.6 Å². The average Bonchev–Trinajstić information content (AvgIpc) is 2.68. The lowest BCUT2D eigenvalue weighted by molar-refractivity contribution is 0.155. The van der Waals surface area contributed by atoms with Crippen molar-refractivity contribution in [1.29, 1.82) is 0 Å². The number of nitrogens with zero attached hydrogens (tertiary/aromatic N) is 1. The number of sulfonamides is 1. The molecule has 1 aliphatic rings. The number of ether oxygens (including phenoxy) is 1. The Morgan fingerprint density at radius 2 is 1.96 bits per heavy atom. The molecule has 7 heteroatoms. The fraction of sp³-hybridized carbons (Fsp3) is 0.421. The molecule has 1 saturated carbocycles. The van der Waals surface area contributed by atoms with Gasteiger partial charge in [-0.2, -0.15) is 0 Å². The number of rotatable bonds is 7. The van der Waals surface area contributed by atoms with Crippen LogP contribution >= 0.6 is 0 Å². The van der Waals surface area contributed by atoms with Crippen LogP contribution in [0.15, 0.2) is 47.5 Å². The van der Waals surface area contributed by atoms with E-state index in [0.29, 0.717) is 18.5 Å². The van der Waals surface area contributed by atoms with Crippen LogP contribution in [-0.4, -0.2) is 26.6 Å². The van der Waals surface area contributed by atoms with Crippen LogP contribution in [-0.2, 0) is 16.6 Å². The second-order valence-electron chi connectivity index (χ2n) is 6.47. The summed E-state index contributed by atoms with van der Waals surface area (Å²) in [6, 6.07) is 11.2. The van der Waals surface area contributed by atoms with E-state index in [1.54, 1.807) is 6.07 Å². The third-order valence-corrected chi connectivity index (χ3v) is 5.94. The Bertz CT molecular complexity index is 816. The van der Waals surface area contributed by atoms with Crippen molar-refractivity contribution in [2.75, 3.05) is 12.4 Å². The quantitative estimate of drug-likeness (QED) is 0.776. The maximum absolute atomic E-state index is 11.7. The number of hydrogen-bond donors (Lipinski definition) is 2. The SMILES string of the molecule is CNS(=O)(=O)c1ccc(NCc2cccc(OC3CCCCC3)c2)nc1. The highest BCUT2D eigenvalue weighted by molar-refractivity contribution is 7.89. The first kappa shape index (κ1) is 18.7. The molecule has 1 aromatic heterocycles. The lowest BCUT2D eigenvalue weighted by atomic mass is 9.98. The molecule has 1 aliphatic carbocycles. The summed E-state index contributed by atoms with van der Waals surface area (Å²) < 4.78 is 31.8. The fourth-order valence-corrected chi connectivity index (χ4v) is 3.73. The molecule has 2 N–H and O–H groups in total. The number of anilines is 1. The van der Waals surface area contributed by atoms with Gasteiger partial charge in [0.05, 0.1) is 6.10 Å². The number of aromatic nitrogens is 1. The van der Waals surface area contributed by atoms with Gasteiger partial charge in [-0.25, -0.2) is 18.1 Å². The molecule has 1 fully saturated rings. The van der Waals surface area contributed by atoms with E-state index in [-0.39, 0.29) is 4.90 Å². The largest absolute Gasteiger partial charge is 0.490 e. The van der Waals surface area contributed by atoms with Crippen LogP contribution in [0.3, 0.4) is 0 Å². The van der Waals surface area contributed by atoms with E-state index >= 15 is 0 Å². The highest BCUT2D eigenvalue weighted by Crippen LogP contribution is 2.24. The van der Waals surface area contributed by atoms with Crippen molar-refractivity contribution in [1.82, 2.24) is 9.71 Å². The Hall–Kier alpha value is -2.12. The summed E-state index contributed by atoms with van der Waals surface area (Å²) in [5.41, 5.74) is 1.09. The first-order valence-corrected chi connectivity index (χ1v) is 10.4. The van der Waals surface area contributed by atoms with Crippen LogP contribution < -0.4 is 14.8 Å². The van der Waals surface area contributed by atoms with Crippen LogP contribution in [0.25, 0.3) is 0 Å². The first-order chi connectivity index (χ1) is 12.6. The van der Waals surface area contributed by atoms with Crippen molar-refractivity contribution in [3.63, 3.8) is 0 Å². The standard InChI is InChI=1S/C19H25N3O3S/c1-20-26(23,24)18-10-11-19(22-14-18)21-13-15-6-5-9-17(12-15)25-16-7-3-2-4-8-16/h5-6,9-12,14,16,20H,2-4,7-8,13H2,1H3,(H,21,22). The molecule has 0 saturated heterocycles. The molecule has 0 spiro atoms. The molecule has 2 aromatic rings. The number of benzene rings is 1. The lowest BCUT2D eigenvalue weighted by Crippen LogP contribution is -2.19. The lowest BCUT2D eigenvalue weighted by Gasteiger charge is -2.23. The third kappa shape index (κ3) is 4.95. The van der Waals surface area contributed by atoms with E-state index in [9.17, 15) is 8.42 Å². The fourth-order valence-electron chi connectivity index (χ4n) is 3.06. The second kappa shape index (κ2) is 8.51. The third-order valence-electron chi connectivity index (χ3n) is 4.54. The summed E-state index contributed by atoms with van der Waals surface area (Å²) in [7, 11) is -2.08. The number of pyridine rings is 1. The van der Waals surface area contributed by atoms with E-state index in [2.05, 4.69) is 15.0 Å². The second-order valence-corrected chi connectivity index (χ2v) is 8.35. The van der Waals surface area contributed by atoms with Gasteiger partial charge in [0, 0.05) is 12.7 Å². The molecule has 3 rings (SSSR count). The van der Waals surface area contributed by atoms with Gasteiger partial charge >= 0.3 is 0 Å². The molecule has 6 nitrogen and oxygen atoms in total. The van der Waals surface area contributed by atoms with Gasteiger partial charge in [-0.05, 0) is 62.6 Å². The molecule has 1 heterocycles. The van der Waals surface area contributed by atoms with Gasteiger partial charge in [-0.3, -0.25) is 0 Å². The smallest absolute Gasteiger partial charge is 0.241 e. The van der Waals surface area contributed by atoms with E-state index in [1.165, 1.54) is 38.6 Å². The Balaban J connectivity index is 1.58. The Kier molecular flexibility index (Phi) is 6.11. The monoisotopic (exact) mass is 375 g/mol. The highest BCUT2D eigenvalue weighted by Gasteiger charge is 2.15. The molecule has 26 heavy (non-hydrogen) atoms. The van der Waals surface area contributed by atoms with Gasteiger partial charge in [0.1, 0.15) is 16.5 Å². The summed E-state index contributed by atoms with van der Waals surface area (Å²) in [5.74, 6) is 1.53. The summed E-state index contributed by atoms with van der Waals surface area (Å²) in [4.78, 5) is 4.31. The zero-order chi connectivity index (χ0) is 18.4. The van der Waals surface area contributed by atoms with E-state index in [0.717, 1.165) is 24.2 Å². The van der Waals surface area contributed by atoms with Crippen molar-refractivity contribution in [2.24, 2.45) is 0 Å². The van der Waals surface area contributed by atoms with E-state index < -0.39 is 10.0 Å². The minimum atomic E-state index is -3.46. The zero-order valence-electron chi connectivity index (χ0n) is 14.9. The highest BCUT2D eigenvalue weighted by atomic mass is 32.2. The van der Waals surface area contributed by atoms with Gasteiger partial charge < -0.3 is 10.1 Å². The van der Waals surface area contributed by atoms with Gasteiger partial charge in [-0.15, -0.1) is 0 Å². The Morgan fingerprint density at radius 3 is 2.65 bits per heavy atom. The Labute approximate surface area is 155 Å². The summed E-state index contributed by atoms with van der Waals surface area (Å²) in [5, 5.41) is 3.21. The van der Waals surface area contributed by atoms with Gasteiger partial charge in [0.2, 0.25) is 10.0 Å². The minimum absolute atomic E-state index is 0.147. The Morgan fingerprint density at radius 1 is 1.15 bits per heavy atom. The van der Waals surface area contributed by atoms with Crippen LogP contribution in [0.5, 0.6) is 5.75 Å². The molecule has 0 atom stereocenters. The maximum atomic E-state index is 11.7. The molecule has 140 valence electrons. The van der Waals surface area contributed by atoms with E-state index in [1.807, 2.05) is 24.3 Å². The molecular weight excluding hydrogens is 350 g/mol. The average molecular weight is 375 g/mol. The van der Waals surface area contributed by atoms with Crippen molar-refractivity contribution in [3.8, 4) is 5.75 Å². The van der Waals surface area contributed by atoms with Crippen LogP contribution in [0.1, 0.15) is 37.7 Å². The first-order valence-electron chi connectivity index (χ1n) is 8.96. The normalized spacial score (nSPS) is 15.6. The van der Waals surface area contributed by atoms with Gasteiger partial charge in [0.25, 0.3) is 0 Å². The molecule has 1 aromatic carbocycles.